The summed E-state index contributed by atoms with van der Waals surface area (Å²) in [5.41, 5.74) is 4.27. The smallest absolute Gasteiger partial charge is 0.303 e. The van der Waals surface area contributed by atoms with Crippen LogP contribution in [0, 0.1) is 0 Å². The predicted molar refractivity (Wildman–Crippen MR) is 75.0 cm³/mol. The molecular formula is C16H24O2. The van der Waals surface area contributed by atoms with E-state index in [0.29, 0.717) is 0 Å². The highest BCUT2D eigenvalue weighted by Gasteiger charge is 2.07. The van der Waals surface area contributed by atoms with Crippen molar-refractivity contribution in [2.24, 2.45) is 0 Å². The van der Waals surface area contributed by atoms with Crippen molar-refractivity contribution < 1.29 is 9.90 Å². The molecule has 0 bridgehead atoms. The van der Waals surface area contributed by atoms with E-state index in [1.54, 1.807) is 0 Å². The molecule has 2 nitrogen and oxygen atoms in total. The molecule has 0 aromatic heterocycles. The van der Waals surface area contributed by atoms with Crippen LogP contribution in [0.4, 0.5) is 0 Å². The molecule has 100 valence electrons. The van der Waals surface area contributed by atoms with E-state index < -0.39 is 5.97 Å². The van der Waals surface area contributed by atoms with Crippen molar-refractivity contribution in [3.05, 3.63) is 34.9 Å². The molecule has 0 spiro atoms. The Morgan fingerprint density at radius 1 is 1.06 bits per heavy atom. The molecule has 1 aromatic rings. The Kier molecular flexibility index (Phi) is 6.48. The fourth-order valence-electron chi connectivity index (χ4n) is 2.43. The molecule has 1 aromatic carbocycles. The Hall–Kier alpha value is -1.31. The molecule has 2 heteroatoms. The van der Waals surface area contributed by atoms with Gasteiger partial charge in [0, 0.05) is 6.42 Å². The van der Waals surface area contributed by atoms with E-state index in [9.17, 15) is 4.79 Å². The Labute approximate surface area is 110 Å². The number of aliphatic carboxylic acids is 1. The summed E-state index contributed by atoms with van der Waals surface area (Å²) in [6.45, 7) is 4.40. The van der Waals surface area contributed by atoms with Crippen LogP contribution >= 0.6 is 0 Å². The predicted octanol–water partition coefficient (Wildman–Crippen LogP) is 4.00. The second-order valence-corrected chi connectivity index (χ2v) is 4.80. The van der Waals surface area contributed by atoms with Gasteiger partial charge in [0.1, 0.15) is 0 Å². The zero-order valence-electron chi connectivity index (χ0n) is 11.5. The van der Waals surface area contributed by atoms with Crippen LogP contribution in [0.25, 0.3) is 0 Å². The zero-order valence-corrected chi connectivity index (χ0v) is 11.5. The van der Waals surface area contributed by atoms with E-state index in [0.717, 1.165) is 38.5 Å². The number of hydrogen-bond acceptors (Lipinski definition) is 1. The lowest BCUT2D eigenvalue weighted by molar-refractivity contribution is -0.137. The van der Waals surface area contributed by atoms with Gasteiger partial charge in [-0.25, -0.2) is 0 Å². The average molecular weight is 248 g/mol. The van der Waals surface area contributed by atoms with Crippen LogP contribution in [0.2, 0.25) is 0 Å². The molecule has 0 aliphatic heterocycles. The Morgan fingerprint density at radius 3 is 2.22 bits per heavy atom. The molecule has 0 atom stereocenters. The van der Waals surface area contributed by atoms with Gasteiger partial charge in [-0.15, -0.1) is 0 Å². The topological polar surface area (TPSA) is 37.3 Å². The maximum atomic E-state index is 10.6. The molecule has 1 rings (SSSR count). The lowest BCUT2D eigenvalue weighted by atomic mass is 9.92. The summed E-state index contributed by atoms with van der Waals surface area (Å²) in [6, 6.07) is 6.49. The van der Waals surface area contributed by atoms with Gasteiger partial charge in [-0.05, 0) is 42.4 Å². The molecule has 0 unspecified atom stereocenters. The van der Waals surface area contributed by atoms with Crippen LogP contribution < -0.4 is 0 Å². The van der Waals surface area contributed by atoms with Gasteiger partial charge in [0.2, 0.25) is 0 Å². The molecule has 0 amide bonds. The van der Waals surface area contributed by atoms with Crippen LogP contribution in [-0.4, -0.2) is 11.1 Å². The number of carboxylic acid groups (broad SMARTS) is 1. The first kappa shape index (κ1) is 14.7. The van der Waals surface area contributed by atoms with Gasteiger partial charge in [0.25, 0.3) is 0 Å². The number of aryl methyl sites for hydroxylation is 2. The fraction of sp³-hybridized carbons (Fsp3) is 0.562. The number of carbonyl (C=O) groups is 1. The Bertz CT molecular complexity index is 383. The third-order valence-electron chi connectivity index (χ3n) is 3.23. The van der Waals surface area contributed by atoms with Crippen molar-refractivity contribution in [3.63, 3.8) is 0 Å². The maximum absolute atomic E-state index is 10.6. The van der Waals surface area contributed by atoms with E-state index in [4.69, 9.17) is 5.11 Å². The molecule has 0 fully saturated rings. The maximum Gasteiger partial charge on any atom is 0.303 e. The molecule has 0 aliphatic carbocycles. The van der Waals surface area contributed by atoms with Crippen molar-refractivity contribution in [1.82, 2.24) is 0 Å². The second-order valence-electron chi connectivity index (χ2n) is 4.80. The standard InChI is InChI=1S/C16H24O2/c1-3-7-13-9-5-10-14(15(13)8-4-2)11-6-12-16(17)18/h5,9-10H,3-4,6-8,11-12H2,1-2H3,(H,17,18). The first-order valence-corrected chi connectivity index (χ1v) is 7.00. The van der Waals surface area contributed by atoms with Crippen LogP contribution in [0.15, 0.2) is 18.2 Å². The van der Waals surface area contributed by atoms with E-state index >= 15 is 0 Å². The summed E-state index contributed by atoms with van der Waals surface area (Å²) in [5, 5.41) is 8.70. The zero-order chi connectivity index (χ0) is 13.4. The highest BCUT2D eigenvalue weighted by Crippen LogP contribution is 2.20. The van der Waals surface area contributed by atoms with Gasteiger partial charge < -0.3 is 5.11 Å². The SMILES string of the molecule is CCCc1cccc(CCCC(=O)O)c1CCC. The summed E-state index contributed by atoms with van der Waals surface area (Å²) in [6.07, 6.45) is 6.44. The van der Waals surface area contributed by atoms with Gasteiger partial charge in [-0.2, -0.15) is 0 Å². The number of carboxylic acids is 1. The number of rotatable bonds is 8. The lowest BCUT2D eigenvalue weighted by Crippen LogP contribution is -2.02. The molecular weight excluding hydrogens is 224 g/mol. The van der Waals surface area contributed by atoms with Crippen LogP contribution in [0.3, 0.4) is 0 Å². The molecule has 0 saturated carbocycles. The summed E-state index contributed by atoms with van der Waals surface area (Å²) < 4.78 is 0. The highest BCUT2D eigenvalue weighted by molar-refractivity contribution is 5.66. The molecule has 0 aliphatic rings. The van der Waals surface area contributed by atoms with Crippen molar-refractivity contribution >= 4 is 5.97 Å². The first-order valence-electron chi connectivity index (χ1n) is 7.00. The lowest BCUT2D eigenvalue weighted by Gasteiger charge is -2.14. The normalized spacial score (nSPS) is 10.6. The minimum Gasteiger partial charge on any atom is -0.481 e. The van der Waals surface area contributed by atoms with Gasteiger partial charge in [0.05, 0.1) is 0 Å². The largest absolute Gasteiger partial charge is 0.481 e. The first-order chi connectivity index (χ1) is 8.69. The fourth-order valence-corrected chi connectivity index (χ4v) is 2.43. The molecule has 1 N–H and O–H groups in total. The van der Waals surface area contributed by atoms with Crippen molar-refractivity contribution in [2.75, 3.05) is 0 Å². The van der Waals surface area contributed by atoms with Crippen molar-refractivity contribution in [2.45, 2.75) is 58.8 Å². The minimum absolute atomic E-state index is 0.267. The van der Waals surface area contributed by atoms with Gasteiger partial charge in [-0.3, -0.25) is 4.79 Å². The summed E-state index contributed by atoms with van der Waals surface area (Å²) in [5.74, 6) is -0.697. The van der Waals surface area contributed by atoms with E-state index in [1.165, 1.54) is 16.7 Å². The second kappa shape index (κ2) is 7.91. The highest BCUT2D eigenvalue weighted by atomic mass is 16.4. The molecule has 0 saturated heterocycles. The van der Waals surface area contributed by atoms with Crippen molar-refractivity contribution in [1.29, 1.82) is 0 Å². The van der Waals surface area contributed by atoms with E-state index in [1.807, 2.05) is 0 Å². The Morgan fingerprint density at radius 2 is 1.67 bits per heavy atom. The quantitative estimate of drug-likeness (QED) is 0.755. The number of benzene rings is 1. The third kappa shape index (κ3) is 4.52. The number of hydrogen-bond donors (Lipinski definition) is 1. The summed E-state index contributed by atoms with van der Waals surface area (Å²) in [7, 11) is 0. The van der Waals surface area contributed by atoms with E-state index in [2.05, 4.69) is 32.0 Å². The summed E-state index contributed by atoms with van der Waals surface area (Å²) >= 11 is 0. The molecule has 18 heavy (non-hydrogen) atoms. The molecule has 0 radical (unpaired) electrons. The Balaban J connectivity index is 2.80. The minimum atomic E-state index is -0.697. The summed E-state index contributed by atoms with van der Waals surface area (Å²) in [4.78, 5) is 10.6. The van der Waals surface area contributed by atoms with Crippen LogP contribution in [-0.2, 0) is 24.1 Å². The molecule has 0 heterocycles. The average Bonchev–Trinajstić information content (AvgIpc) is 2.33. The van der Waals surface area contributed by atoms with Crippen LogP contribution in [0.1, 0.15) is 56.2 Å². The van der Waals surface area contributed by atoms with Gasteiger partial charge in [-0.1, -0.05) is 44.9 Å². The van der Waals surface area contributed by atoms with E-state index in [-0.39, 0.29) is 6.42 Å². The van der Waals surface area contributed by atoms with Gasteiger partial charge >= 0.3 is 5.97 Å². The van der Waals surface area contributed by atoms with Gasteiger partial charge in [0.15, 0.2) is 0 Å². The van der Waals surface area contributed by atoms with Crippen LogP contribution in [0.5, 0.6) is 0 Å². The monoisotopic (exact) mass is 248 g/mol. The third-order valence-corrected chi connectivity index (χ3v) is 3.23. The van der Waals surface area contributed by atoms with Crippen molar-refractivity contribution in [3.8, 4) is 0 Å².